The molecule has 3 aromatic rings. The van der Waals surface area contributed by atoms with Gasteiger partial charge in [-0.15, -0.1) is 5.10 Å². The number of fused-ring (bicyclic) bond motifs is 1. The number of halogens is 1. The molecule has 0 fully saturated rings. The van der Waals surface area contributed by atoms with E-state index in [9.17, 15) is 14.0 Å². The fourth-order valence-electron chi connectivity index (χ4n) is 3.49. The summed E-state index contributed by atoms with van der Waals surface area (Å²) < 4.78 is 14.1. The van der Waals surface area contributed by atoms with Crippen molar-refractivity contribution in [3.05, 3.63) is 59.5 Å². The Balaban J connectivity index is 1.61. The number of amides is 2. The van der Waals surface area contributed by atoms with Gasteiger partial charge in [-0.1, -0.05) is 12.1 Å². The van der Waals surface area contributed by atoms with Crippen molar-refractivity contribution < 1.29 is 14.0 Å². The van der Waals surface area contributed by atoms with E-state index in [1.807, 2.05) is 0 Å². The third-order valence-corrected chi connectivity index (χ3v) is 6.01. The van der Waals surface area contributed by atoms with Gasteiger partial charge in [0, 0.05) is 23.0 Å². The number of carbonyl (C=O) groups excluding carboxylic acids is 2. The second-order valence-corrected chi connectivity index (χ2v) is 9.49. The van der Waals surface area contributed by atoms with Crippen molar-refractivity contribution >= 4 is 34.6 Å². The molecule has 186 valence electrons. The number of unbranched alkanes of at least 4 members (excludes halogenated alkanes) is 1. The van der Waals surface area contributed by atoms with Gasteiger partial charge in [0.1, 0.15) is 5.52 Å². The minimum atomic E-state index is -0.493. The summed E-state index contributed by atoms with van der Waals surface area (Å²) in [6, 6.07) is 11.2. The zero-order valence-electron chi connectivity index (χ0n) is 20.9. The van der Waals surface area contributed by atoms with Gasteiger partial charge in [-0.3, -0.25) is 15.0 Å². The van der Waals surface area contributed by atoms with Crippen LogP contribution in [-0.2, 0) is 4.79 Å². The van der Waals surface area contributed by atoms with Crippen LogP contribution in [0.1, 0.15) is 49.7 Å². The van der Waals surface area contributed by atoms with Crippen LogP contribution in [0.5, 0.6) is 0 Å². The predicted molar refractivity (Wildman–Crippen MR) is 137 cm³/mol. The lowest BCUT2D eigenvalue weighted by Crippen LogP contribution is -2.38. The highest BCUT2D eigenvalue weighted by Gasteiger charge is 2.16. The zero-order chi connectivity index (χ0) is 25.6. The third-order valence-electron chi connectivity index (χ3n) is 6.01. The van der Waals surface area contributed by atoms with Gasteiger partial charge in [-0.25, -0.2) is 9.40 Å². The van der Waals surface area contributed by atoms with Gasteiger partial charge in [0.05, 0.1) is 17.1 Å². The topological polar surface area (TPSA) is 90.5 Å². The maximum Gasteiger partial charge on any atom is 0.251 e. The maximum atomic E-state index is 14.1. The van der Waals surface area contributed by atoms with E-state index in [0.717, 1.165) is 19.4 Å². The Morgan fingerprint density at radius 3 is 2.46 bits per heavy atom. The van der Waals surface area contributed by atoms with Crippen molar-refractivity contribution in [3.63, 3.8) is 0 Å². The van der Waals surface area contributed by atoms with Crippen LogP contribution in [0.3, 0.4) is 0 Å². The normalized spacial score (nSPS) is 11.5. The molecule has 0 radical (unpaired) electrons. The first kappa shape index (κ1) is 26.0. The highest BCUT2D eigenvalue weighted by molar-refractivity contribution is 5.96. The lowest BCUT2D eigenvalue weighted by molar-refractivity contribution is -0.107. The first-order valence-electron chi connectivity index (χ1n) is 11.6. The number of nitrogens with one attached hydrogen (secondary N) is 2. The number of hydrogen-bond acceptors (Lipinski definition) is 6. The van der Waals surface area contributed by atoms with Crippen molar-refractivity contribution in [1.82, 2.24) is 20.4 Å². The molecule has 3 rings (SSSR count). The maximum absolute atomic E-state index is 14.1. The first-order chi connectivity index (χ1) is 16.6. The smallest absolute Gasteiger partial charge is 0.251 e. The zero-order valence-corrected chi connectivity index (χ0v) is 20.9. The molecule has 1 heterocycles. The van der Waals surface area contributed by atoms with Crippen molar-refractivity contribution in [2.75, 3.05) is 30.6 Å². The fourth-order valence-corrected chi connectivity index (χ4v) is 3.49. The molecule has 0 aliphatic carbocycles. The lowest BCUT2D eigenvalue weighted by atomic mass is 10.1. The summed E-state index contributed by atoms with van der Waals surface area (Å²) >= 11 is 0. The monoisotopic (exact) mass is 480 g/mol. The molecule has 0 saturated heterocycles. The van der Waals surface area contributed by atoms with Gasteiger partial charge in [-0.05, 0) is 84.5 Å². The molecule has 2 amide bonds. The average molecular weight is 481 g/mol. The second-order valence-electron chi connectivity index (χ2n) is 9.49. The second kappa shape index (κ2) is 11.2. The van der Waals surface area contributed by atoms with Gasteiger partial charge in [0.2, 0.25) is 6.41 Å². The van der Waals surface area contributed by atoms with E-state index >= 15 is 0 Å². The number of carbonyl (C=O) groups is 2. The molecule has 8 nitrogen and oxygen atoms in total. The van der Waals surface area contributed by atoms with E-state index < -0.39 is 5.82 Å². The number of hydrazine groups is 1. The Bertz CT molecular complexity index is 1180. The number of hydrogen-bond donors (Lipinski definition) is 2. The standard InChI is InChI=1S/C26H33FN6O2/c1-18-23(21-9-8-10-22(27)24(21)30-29-18)31-33(17-34)20-13-11-19(12-14-20)25(35)28-15-6-7-16-32(5)26(2,3)4/h8-14,17H,6-7,15-16H2,1-5H3,(H,28,35)(H,30,31). The van der Waals surface area contributed by atoms with Crippen LogP contribution in [0, 0.1) is 12.7 Å². The molecule has 2 aromatic carbocycles. The predicted octanol–water partition coefficient (Wildman–Crippen LogP) is 4.31. The summed E-state index contributed by atoms with van der Waals surface area (Å²) in [6.07, 6.45) is 2.49. The number of aryl methyl sites for hydroxylation is 1. The molecule has 0 atom stereocenters. The van der Waals surface area contributed by atoms with Crippen molar-refractivity contribution in [3.8, 4) is 0 Å². The van der Waals surface area contributed by atoms with Crippen LogP contribution < -0.4 is 15.8 Å². The lowest BCUT2D eigenvalue weighted by Gasteiger charge is -2.31. The SMILES string of the molecule is Cc1nnc2c(F)cccc2c1NN(C=O)c1ccc(C(=O)NCCCCN(C)C(C)(C)C)cc1. The summed E-state index contributed by atoms with van der Waals surface area (Å²) in [5.41, 5.74) is 5.24. The molecule has 1 aromatic heterocycles. The first-order valence-corrected chi connectivity index (χ1v) is 11.6. The number of rotatable bonds is 10. The summed E-state index contributed by atoms with van der Waals surface area (Å²) in [7, 11) is 2.10. The van der Waals surface area contributed by atoms with E-state index in [1.165, 1.54) is 11.1 Å². The molecule has 0 bridgehead atoms. The Morgan fingerprint density at radius 2 is 1.80 bits per heavy atom. The number of nitrogens with zero attached hydrogens (tertiary/aromatic N) is 4. The van der Waals surface area contributed by atoms with Gasteiger partial charge >= 0.3 is 0 Å². The molecule has 0 aliphatic heterocycles. The van der Waals surface area contributed by atoms with Gasteiger partial charge in [0.25, 0.3) is 5.91 Å². The summed E-state index contributed by atoms with van der Waals surface area (Å²) in [4.78, 5) is 26.6. The van der Waals surface area contributed by atoms with Crippen molar-refractivity contribution in [1.29, 1.82) is 0 Å². The minimum Gasteiger partial charge on any atom is -0.352 e. The highest BCUT2D eigenvalue weighted by Crippen LogP contribution is 2.27. The van der Waals surface area contributed by atoms with E-state index in [1.54, 1.807) is 43.3 Å². The molecule has 9 heteroatoms. The van der Waals surface area contributed by atoms with Gasteiger partial charge < -0.3 is 10.2 Å². The molecule has 0 saturated carbocycles. The average Bonchev–Trinajstić information content (AvgIpc) is 2.83. The number of anilines is 2. The van der Waals surface area contributed by atoms with Crippen molar-refractivity contribution in [2.24, 2.45) is 0 Å². The van der Waals surface area contributed by atoms with Crippen LogP contribution >= 0.6 is 0 Å². The highest BCUT2D eigenvalue weighted by atomic mass is 19.1. The third kappa shape index (κ3) is 6.51. The molecular weight excluding hydrogens is 447 g/mol. The largest absolute Gasteiger partial charge is 0.352 e. The van der Waals surface area contributed by atoms with Crippen LogP contribution in [0.2, 0.25) is 0 Å². The molecule has 2 N–H and O–H groups in total. The fraction of sp³-hybridized carbons (Fsp3) is 0.385. The Hall–Kier alpha value is -3.59. The Morgan fingerprint density at radius 1 is 1.09 bits per heavy atom. The van der Waals surface area contributed by atoms with Crippen LogP contribution in [0.25, 0.3) is 10.9 Å². The Kier molecular flexibility index (Phi) is 8.34. The van der Waals surface area contributed by atoms with E-state index in [2.05, 4.69) is 53.7 Å². The van der Waals surface area contributed by atoms with Gasteiger partial charge in [-0.2, -0.15) is 5.10 Å². The molecule has 0 unspecified atom stereocenters. The van der Waals surface area contributed by atoms with Crippen LogP contribution in [0.4, 0.5) is 15.8 Å². The number of benzene rings is 2. The van der Waals surface area contributed by atoms with Crippen LogP contribution in [-0.4, -0.2) is 53.1 Å². The van der Waals surface area contributed by atoms with E-state index in [4.69, 9.17) is 0 Å². The van der Waals surface area contributed by atoms with E-state index in [-0.39, 0.29) is 17.0 Å². The quantitative estimate of drug-likeness (QED) is 0.255. The van der Waals surface area contributed by atoms with Gasteiger partial charge in [0.15, 0.2) is 5.82 Å². The number of aromatic nitrogens is 2. The Labute approximate surface area is 205 Å². The summed E-state index contributed by atoms with van der Waals surface area (Å²) in [5, 5.41) is 12.6. The molecule has 35 heavy (non-hydrogen) atoms. The van der Waals surface area contributed by atoms with E-state index in [0.29, 0.717) is 41.0 Å². The molecular formula is C26H33FN6O2. The molecule has 0 spiro atoms. The summed E-state index contributed by atoms with van der Waals surface area (Å²) in [5.74, 6) is -0.658. The van der Waals surface area contributed by atoms with Crippen molar-refractivity contribution in [2.45, 2.75) is 46.1 Å². The molecule has 0 aliphatic rings. The minimum absolute atomic E-state index is 0.114. The summed E-state index contributed by atoms with van der Waals surface area (Å²) in [6.45, 7) is 9.82. The van der Waals surface area contributed by atoms with Crippen LogP contribution in [0.15, 0.2) is 42.5 Å².